The number of rotatable bonds is 1. The Kier molecular flexibility index (Phi) is 6.70. The van der Waals surface area contributed by atoms with Gasteiger partial charge in [-0.15, -0.1) is 0 Å². The zero-order valence-electron chi connectivity index (χ0n) is 25.3. The Bertz CT molecular complexity index is 1970. The van der Waals surface area contributed by atoms with Crippen LogP contribution in [-0.4, -0.2) is 24.4 Å². The van der Waals surface area contributed by atoms with E-state index in [2.05, 4.69) is 80.8 Å². The van der Waals surface area contributed by atoms with Crippen LogP contribution in [0.2, 0.25) is 0 Å². The zero-order valence-corrected chi connectivity index (χ0v) is 25.3. The first kappa shape index (κ1) is 27.5. The number of hydrogen-bond donors (Lipinski definition) is 2. The average Bonchev–Trinajstić information content (AvgIpc) is 3.46. The molecule has 3 aliphatic rings. The van der Waals surface area contributed by atoms with Crippen molar-refractivity contribution in [2.45, 2.75) is 38.5 Å². The van der Waals surface area contributed by atoms with E-state index in [-0.39, 0.29) is 10.8 Å². The lowest BCUT2D eigenvalue weighted by Gasteiger charge is -2.23. The molecule has 3 heterocycles. The molecule has 0 saturated carbocycles. The predicted octanol–water partition coefficient (Wildman–Crippen LogP) is 9.52. The van der Waals surface area contributed by atoms with Crippen LogP contribution in [0.25, 0.3) is 0 Å². The highest BCUT2D eigenvalue weighted by Crippen LogP contribution is 2.45. The highest BCUT2D eigenvalue weighted by Gasteiger charge is 2.37. The number of anilines is 2. The van der Waals surface area contributed by atoms with Gasteiger partial charge >= 0.3 is 0 Å². The van der Waals surface area contributed by atoms with E-state index in [1.807, 2.05) is 79.4 Å². The van der Waals surface area contributed by atoms with Gasteiger partial charge in [0.25, 0.3) is 0 Å². The Morgan fingerprint density at radius 1 is 0.523 bits per heavy atom. The van der Waals surface area contributed by atoms with Crippen LogP contribution in [0.15, 0.2) is 140 Å². The number of nitrogens with zero attached hydrogens (tertiary/aromatic N) is 4. The SMILES string of the molecule is CC1(C)C(/C2=C/Nc3ccccc3N=CC(=C3Nc4ccccc4C3(C)C)C=Nc3ccccc3N=C2)=Nc2ccccc21. The number of allylic oxidation sites excluding steroid dienone is 3. The van der Waals surface area contributed by atoms with E-state index in [1.54, 1.807) is 0 Å². The average molecular weight is 575 g/mol. The molecule has 0 aliphatic carbocycles. The summed E-state index contributed by atoms with van der Waals surface area (Å²) in [6, 6.07) is 32.7. The minimum absolute atomic E-state index is 0.255. The highest BCUT2D eigenvalue weighted by molar-refractivity contribution is 6.23. The largest absolute Gasteiger partial charge is 0.359 e. The van der Waals surface area contributed by atoms with E-state index in [0.717, 1.165) is 56.7 Å². The van der Waals surface area contributed by atoms with Crippen LogP contribution < -0.4 is 10.6 Å². The maximum absolute atomic E-state index is 5.07. The van der Waals surface area contributed by atoms with Gasteiger partial charge in [0.15, 0.2) is 0 Å². The van der Waals surface area contributed by atoms with Gasteiger partial charge in [0.1, 0.15) is 0 Å². The number of para-hydroxylation sites is 6. The van der Waals surface area contributed by atoms with Gasteiger partial charge in [-0.25, -0.2) is 0 Å². The second-order valence-electron chi connectivity index (χ2n) is 12.3. The molecule has 0 unspecified atom stereocenters. The van der Waals surface area contributed by atoms with Gasteiger partial charge in [-0.3, -0.25) is 20.0 Å². The van der Waals surface area contributed by atoms with Crippen molar-refractivity contribution in [3.63, 3.8) is 0 Å². The third-order valence-corrected chi connectivity index (χ3v) is 8.65. The molecule has 0 amide bonds. The summed E-state index contributed by atoms with van der Waals surface area (Å²) in [5.41, 5.74) is 11.0. The molecule has 0 fully saturated rings. The molecule has 0 atom stereocenters. The van der Waals surface area contributed by atoms with Gasteiger partial charge in [-0.1, -0.05) is 88.4 Å². The van der Waals surface area contributed by atoms with E-state index in [1.165, 1.54) is 11.1 Å². The van der Waals surface area contributed by atoms with Crippen LogP contribution in [0.4, 0.5) is 34.1 Å². The lowest BCUT2D eigenvalue weighted by atomic mass is 9.79. The minimum atomic E-state index is -0.295. The molecular weight excluding hydrogens is 540 g/mol. The normalized spacial score (nSPS) is 20.5. The molecule has 0 bridgehead atoms. The van der Waals surface area contributed by atoms with Crippen molar-refractivity contribution in [3.8, 4) is 0 Å². The summed E-state index contributed by atoms with van der Waals surface area (Å²) in [6.45, 7) is 8.87. The molecular formula is C38H34N6. The third kappa shape index (κ3) is 4.78. The molecule has 2 N–H and O–H groups in total. The van der Waals surface area contributed by atoms with Crippen LogP contribution in [0, 0.1) is 0 Å². The molecule has 216 valence electrons. The maximum atomic E-state index is 5.07. The lowest BCUT2D eigenvalue weighted by molar-refractivity contribution is 0.653. The molecule has 6 heteroatoms. The van der Waals surface area contributed by atoms with Crippen molar-refractivity contribution in [3.05, 3.63) is 131 Å². The predicted molar refractivity (Wildman–Crippen MR) is 186 cm³/mol. The fraction of sp³-hybridized carbons (Fsp3) is 0.158. The second-order valence-corrected chi connectivity index (χ2v) is 12.3. The summed E-state index contributed by atoms with van der Waals surface area (Å²) in [4.78, 5) is 20.0. The van der Waals surface area contributed by atoms with E-state index >= 15 is 0 Å². The van der Waals surface area contributed by atoms with E-state index in [9.17, 15) is 0 Å². The first-order chi connectivity index (χ1) is 21.3. The van der Waals surface area contributed by atoms with Crippen LogP contribution in [-0.2, 0) is 10.8 Å². The molecule has 4 aromatic carbocycles. The van der Waals surface area contributed by atoms with Gasteiger partial charge in [-0.05, 0) is 47.5 Å². The standard InChI is InChI=1S/C38H34N6/c1-37(2)27-13-5-7-15-29(27)43-35(37)25-21-39-31-17-9-11-19-33(31)41-23-26(24-42-34-20-12-10-18-32(34)40-22-25)36-38(3,4)28-14-6-8-16-30(28)44-36/h5-24,39,44H,1-4H3/b25-21+,36-26?,40-22?,41-23?,42-24?. The Morgan fingerprint density at radius 3 is 1.75 bits per heavy atom. The van der Waals surface area contributed by atoms with Crippen molar-refractivity contribution in [2.24, 2.45) is 20.0 Å². The van der Waals surface area contributed by atoms with Gasteiger partial charge in [0.05, 0.1) is 34.1 Å². The Morgan fingerprint density at radius 2 is 1.07 bits per heavy atom. The monoisotopic (exact) mass is 574 g/mol. The molecule has 4 aromatic rings. The molecule has 7 rings (SSSR count). The Hall–Kier alpha value is -5.36. The summed E-state index contributed by atoms with van der Waals surface area (Å²) in [7, 11) is 0. The number of aliphatic imine (C=N–C) groups is 4. The van der Waals surface area contributed by atoms with Crippen LogP contribution in [0.1, 0.15) is 38.8 Å². The molecule has 0 aromatic heterocycles. The van der Waals surface area contributed by atoms with Gasteiger partial charge in [0, 0.05) is 58.2 Å². The summed E-state index contributed by atoms with van der Waals surface area (Å²) >= 11 is 0. The maximum Gasteiger partial charge on any atom is 0.0886 e. The van der Waals surface area contributed by atoms with Crippen molar-refractivity contribution in [2.75, 3.05) is 10.6 Å². The van der Waals surface area contributed by atoms with Crippen molar-refractivity contribution >= 4 is 58.5 Å². The molecule has 0 radical (unpaired) electrons. The molecule has 6 nitrogen and oxygen atoms in total. The Labute approximate surface area is 258 Å². The topological polar surface area (TPSA) is 73.5 Å². The van der Waals surface area contributed by atoms with E-state index in [4.69, 9.17) is 20.0 Å². The zero-order chi connectivity index (χ0) is 30.3. The summed E-state index contributed by atoms with van der Waals surface area (Å²) in [5.74, 6) is 0. The van der Waals surface area contributed by atoms with Gasteiger partial charge < -0.3 is 10.6 Å². The van der Waals surface area contributed by atoms with Crippen LogP contribution in [0.3, 0.4) is 0 Å². The van der Waals surface area contributed by atoms with Crippen molar-refractivity contribution in [1.29, 1.82) is 0 Å². The van der Waals surface area contributed by atoms with Crippen LogP contribution >= 0.6 is 0 Å². The summed E-state index contributed by atoms with van der Waals surface area (Å²) < 4.78 is 0. The fourth-order valence-electron chi connectivity index (χ4n) is 6.20. The third-order valence-electron chi connectivity index (χ3n) is 8.65. The van der Waals surface area contributed by atoms with Crippen molar-refractivity contribution < 1.29 is 0 Å². The number of hydrogen-bond acceptors (Lipinski definition) is 6. The molecule has 44 heavy (non-hydrogen) atoms. The van der Waals surface area contributed by atoms with E-state index in [0.29, 0.717) is 0 Å². The number of benzene rings is 4. The van der Waals surface area contributed by atoms with Crippen LogP contribution in [0.5, 0.6) is 0 Å². The Balaban J connectivity index is 1.38. The quantitative estimate of drug-likeness (QED) is 0.238. The lowest BCUT2D eigenvalue weighted by Crippen LogP contribution is -2.28. The van der Waals surface area contributed by atoms with Gasteiger partial charge in [-0.2, -0.15) is 0 Å². The molecule has 0 saturated heterocycles. The van der Waals surface area contributed by atoms with Crippen molar-refractivity contribution in [1.82, 2.24) is 0 Å². The summed E-state index contributed by atoms with van der Waals surface area (Å²) in [6.07, 6.45) is 7.68. The first-order valence-electron chi connectivity index (χ1n) is 14.9. The minimum Gasteiger partial charge on any atom is -0.359 e. The van der Waals surface area contributed by atoms with Gasteiger partial charge in [0.2, 0.25) is 0 Å². The first-order valence-corrected chi connectivity index (χ1v) is 14.9. The smallest absolute Gasteiger partial charge is 0.0886 e. The summed E-state index contributed by atoms with van der Waals surface area (Å²) in [5, 5.41) is 7.19. The number of nitrogens with one attached hydrogen (secondary N) is 2. The fourth-order valence-corrected chi connectivity index (χ4v) is 6.20. The highest BCUT2D eigenvalue weighted by atomic mass is 15.0. The van der Waals surface area contributed by atoms with E-state index < -0.39 is 0 Å². The number of fused-ring (bicyclic) bond motifs is 4. The molecule has 3 aliphatic heterocycles. The molecule has 0 spiro atoms. The second kappa shape index (κ2) is 10.7.